The molecule has 0 saturated carbocycles. The van der Waals surface area contributed by atoms with Crippen molar-refractivity contribution in [3.05, 3.63) is 78.3 Å². The Labute approximate surface area is 166 Å². The molecule has 1 aliphatic heterocycles. The maximum atomic E-state index is 12.6. The Morgan fingerprint density at radius 3 is 2.39 bits per heavy atom. The third kappa shape index (κ3) is 4.69. The Balaban J connectivity index is 1.23. The molecule has 0 spiro atoms. The van der Waals surface area contributed by atoms with Gasteiger partial charge in [-0.2, -0.15) is 0 Å². The summed E-state index contributed by atoms with van der Waals surface area (Å²) < 4.78 is 5.81. The van der Waals surface area contributed by atoms with E-state index in [1.54, 1.807) is 6.20 Å². The molecule has 0 radical (unpaired) electrons. The van der Waals surface area contributed by atoms with E-state index in [0.29, 0.717) is 24.7 Å². The third-order valence-electron chi connectivity index (χ3n) is 5.50. The van der Waals surface area contributed by atoms with Gasteiger partial charge in [0.2, 0.25) is 5.91 Å². The zero-order valence-corrected chi connectivity index (χ0v) is 16.1. The number of benzene rings is 2. The zero-order valence-electron chi connectivity index (χ0n) is 16.1. The number of aromatic nitrogens is 1. The van der Waals surface area contributed by atoms with Crippen LogP contribution >= 0.6 is 0 Å². The zero-order chi connectivity index (χ0) is 19.2. The van der Waals surface area contributed by atoms with E-state index in [0.717, 1.165) is 43.7 Å². The molecule has 1 amide bonds. The van der Waals surface area contributed by atoms with Crippen LogP contribution < -0.4 is 0 Å². The van der Waals surface area contributed by atoms with E-state index in [-0.39, 0.29) is 5.91 Å². The van der Waals surface area contributed by atoms with E-state index < -0.39 is 0 Å². The molecular formula is C24H26N2O2. The Morgan fingerprint density at radius 2 is 1.68 bits per heavy atom. The molecule has 144 valence electrons. The smallest absolute Gasteiger partial charge is 0.223 e. The van der Waals surface area contributed by atoms with Crippen LogP contribution in [0.25, 0.3) is 11.3 Å². The van der Waals surface area contributed by atoms with Crippen molar-refractivity contribution in [2.45, 2.75) is 32.1 Å². The van der Waals surface area contributed by atoms with E-state index in [4.69, 9.17) is 4.42 Å². The summed E-state index contributed by atoms with van der Waals surface area (Å²) in [4.78, 5) is 18.9. The Bertz CT molecular complexity index is 881. The molecule has 4 nitrogen and oxygen atoms in total. The normalized spacial score (nSPS) is 14.9. The summed E-state index contributed by atoms with van der Waals surface area (Å²) >= 11 is 0. The molecular weight excluding hydrogens is 348 g/mol. The highest BCUT2D eigenvalue weighted by Gasteiger charge is 2.23. The van der Waals surface area contributed by atoms with Crippen LogP contribution in [0.3, 0.4) is 0 Å². The van der Waals surface area contributed by atoms with Crippen molar-refractivity contribution in [2.24, 2.45) is 5.92 Å². The van der Waals surface area contributed by atoms with Crippen LogP contribution in [0.15, 0.2) is 71.3 Å². The minimum Gasteiger partial charge on any atom is -0.441 e. The van der Waals surface area contributed by atoms with Crippen molar-refractivity contribution >= 4 is 5.91 Å². The van der Waals surface area contributed by atoms with Crippen molar-refractivity contribution in [3.63, 3.8) is 0 Å². The number of rotatable bonds is 6. The number of aryl methyl sites for hydroxylation is 1. The van der Waals surface area contributed by atoms with Gasteiger partial charge in [0.1, 0.15) is 0 Å². The van der Waals surface area contributed by atoms with E-state index in [1.165, 1.54) is 5.56 Å². The van der Waals surface area contributed by atoms with Crippen molar-refractivity contribution < 1.29 is 9.21 Å². The summed E-state index contributed by atoms with van der Waals surface area (Å²) in [6.07, 6.45) is 6.02. The van der Waals surface area contributed by atoms with Crippen LogP contribution in [0.4, 0.5) is 0 Å². The first-order valence-electron chi connectivity index (χ1n) is 10.1. The van der Waals surface area contributed by atoms with Crippen molar-refractivity contribution in [1.82, 2.24) is 9.88 Å². The molecule has 4 heteroatoms. The summed E-state index contributed by atoms with van der Waals surface area (Å²) in [6.45, 7) is 1.72. The number of oxazole rings is 1. The molecule has 4 rings (SSSR count). The first-order chi connectivity index (χ1) is 13.8. The highest BCUT2D eigenvalue weighted by atomic mass is 16.4. The van der Waals surface area contributed by atoms with Gasteiger partial charge in [-0.05, 0) is 30.7 Å². The molecule has 3 aromatic rings. The minimum atomic E-state index is 0.206. The number of amides is 1. The summed E-state index contributed by atoms with van der Waals surface area (Å²) in [5.41, 5.74) is 2.40. The molecule has 0 aliphatic carbocycles. The second kappa shape index (κ2) is 8.87. The largest absolute Gasteiger partial charge is 0.441 e. The van der Waals surface area contributed by atoms with Crippen LogP contribution in [0.5, 0.6) is 0 Å². The number of nitrogens with zero attached hydrogens (tertiary/aromatic N) is 2. The average molecular weight is 374 g/mol. The molecule has 0 atom stereocenters. The van der Waals surface area contributed by atoms with Gasteiger partial charge < -0.3 is 9.32 Å². The maximum Gasteiger partial charge on any atom is 0.223 e. The molecule has 0 unspecified atom stereocenters. The van der Waals surface area contributed by atoms with E-state index in [2.05, 4.69) is 35.3 Å². The fourth-order valence-corrected chi connectivity index (χ4v) is 3.87. The lowest BCUT2D eigenvalue weighted by molar-refractivity contribution is -0.132. The minimum absolute atomic E-state index is 0.206. The van der Waals surface area contributed by atoms with E-state index in [1.807, 2.05) is 35.2 Å². The van der Waals surface area contributed by atoms with Crippen LogP contribution in [-0.2, 0) is 17.6 Å². The molecule has 1 saturated heterocycles. The lowest BCUT2D eigenvalue weighted by Gasteiger charge is -2.32. The fraction of sp³-hybridized carbons (Fsp3) is 0.333. The first-order valence-corrected chi connectivity index (χ1v) is 10.1. The second-order valence-corrected chi connectivity index (χ2v) is 7.50. The number of carbonyl (C=O) groups excluding carboxylic acids is 1. The fourth-order valence-electron chi connectivity index (χ4n) is 3.87. The van der Waals surface area contributed by atoms with Gasteiger partial charge in [0.25, 0.3) is 0 Å². The average Bonchev–Trinajstić information content (AvgIpc) is 3.23. The van der Waals surface area contributed by atoms with Gasteiger partial charge in [0, 0.05) is 31.5 Å². The van der Waals surface area contributed by atoms with Gasteiger partial charge in [0.15, 0.2) is 11.7 Å². The van der Waals surface area contributed by atoms with Gasteiger partial charge in [0.05, 0.1) is 6.20 Å². The number of hydrogen-bond acceptors (Lipinski definition) is 3. The maximum absolute atomic E-state index is 12.6. The van der Waals surface area contributed by atoms with E-state index in [9.17, 15) is 4.79 Å². The van der Waals surface area contributed by atoms with Gasteiger partial charge >= 0.3 is 0 Å². The van der Waals surface area contributed by atoms with Crippen LogP contribution in [-0.4, -0.2) is 28.9 Å². The summed E-state index contributed by atoms with van der Waals surface area (Å²) in [5.74, 6) is 2.26. The lowest BCUT2D eigenvalue weighted by atomic mass is 9.90. The van der Waals surface area contributed by atoms with Crippen molar-refractivity contribution in [3.8, 4) is 11.3 Å². The number of likely N-dealkylation sites (tertiary alicyclic amines) is 1. The first kappa shape index (κ1) is 18.5. The summed E-state index contributed by atoms with van der Waals surface area (Å²) in [5, 5.41) is 0. The third-order valence-corrected chi connectivity index (χ3v) is 5.50. The SMILES string of the molecule is O=C(CCc1ncc(-c2ccccc2)o1)N1CCC(Cc2ccccc2)CC1. The molecule has 2 heterocycles. The highest BCUT2D eigenvalue weighted by molar-refractivity contribution is 5.76. The van der Waals surface area contributed by atoms with Crippen molar-refractivity contribution in [2.75, 3.05) is 13.1 Å². The summed E-state index contributed by atoms with van der Waals surface area (Å²) in [7, 11) is 0. The van der Waals surface area contributed by atoms with Crippen LogP contribution in [0.1, 0.15) is 30.7 Å². The van der Waals surface area contributed by atoms with Gasteiger partial charge in [-0.15, -0.1) is 0 Å². The molecule has 1 aromatic heterocycles. The molecule has 1 fully saturated rings. The molecule has 2 aromatic carbocycles. The highest BCUT2D eigenvalue weighted by Crippen LogP contribution is 2.23. The van der Waals surface area contributed by atoms with Crippen molar-refractivity contribution in [1.29, 1.82) is 0 Å². The number of hydrogen-bond donors (Lipinski definition) is 0. The molecule has 1 aliphatic rings. The Kier molecular flexibility index (Phi) is 5.86. The Hall–Kier alpha value is -2.88. The summed E-state index contributed by atoms with van der Waals surface area (Å²) in [6, 6.07) is 20.5. The monoisotopic (exact) mass is 374 g/mol. The second-order valence-electron chi connectivity index (χ2n) is 7.50. The Morgan fingerprint density at radius 1 is 1.00 bits per heavy atom. The van der Waals surface area contributed by atoms with Gasteiger partial charge in [-0.1, -0.05) is 60.7 Å². The van der Waals surface area contributed by atoms with Gasteiger partial charge in [-0.25, -0.2) is 4.98 Å². The van der Waals surface area contributed by atoms with Gasteiger partial charge in [-0.3, -0.25) is 4.79 Å². The number of carbonyl (C=O) groups is 1. The molecule has 0 N–H and O–H groups in total. The van der Waals surface area contributed by atoms with Crippen LogP contribution in [0.2, 0.25) is 0 Å². The quantitative estimate of drug-likeness (QED) is 0.625. The molecule has 28 heavy (non-hydrogen) atoms. The predicted molar refractivity (Wildman–Crippen MR) is 110 cm³/mol. The lowest BCUT2D eigenvalue weighted by Crippen LogP contribution is -2.39. The standard InChI is InChI=1S/C24H26N2O2/c27-24(12-11-23-25-18-22(28-23)21-9-5-2-6-10-21)26-15-13-20(14-16-26)17-19-7-3-1-4-8-19/h1-10,18,20H,11-17H2. The molecule has 0 bridgehead atoms. The van der Waals surface area contributed by atoms with E-state index >= 15 is 0 Å². The van der Waals surface area contributed by atoms with Crippen LogP contribution in [0, 0.1) is 5.92 Å². The topological polar surface area (TPSA) is 46.3 Å². The number of piperidine rings is 1. The predicted octanol–water partition coefficient (Wildman–Crippen LogP) is 4.76.